The van der Waals surface area contributed by atoms with Crippen molar-refractivity contribution in [2.24, 2.45) is 5.73 Å². The van der Waals surface area contributed by atoms with Gasteiger partial charge in [0.25, 0.3) is 5.91 Å². The lowest BCUT2D eigenvalue weighted by Crippen LogP contribution is -2.41. The van der Waals surface area contributed by atoms with Crippen molar-refractivity contribution in [1.29, 1.82) is 0 Å². The van der Waals surface area contributed by atoms with E-state index in [1.807, 2.05) is 19.1 Å². The van der Waals surface area contributed by atoms with Crippen LogP contribution in [0.15, 0.2) is 22.7 Å². The van der Waals surface area contributed by atoms with Gasteiger partial charge in [-0.05, 0) is 51.1 Å². The summed E-state index contributed by atoms with van der Waals surface area (Å²) in [4.78, 5) is 24.0. The van der Waals surface area contributed by atoms with Crippen LogP contribution in [0.4, 0.5) is 0 Å². The molecule has 0 spiro atoms. The van der Waals surface area contributed by atoms with E-state index >= 15 is 0 Å². The summed E-state index contributed by atoms with van der Waals surface area (Å²) in [5.41, 5.74) is 9.64. The summed E-state index contributed by atoms with van der Waals surface area (Å²) in [6, 6.07) is 5.12. The lowest BCUT2D eigenvalue weighted by molar-refractivity contribution is -0.139. The number of carbonyl (C=O) groups excluding carboxylic acids is 1. The number of fused-ring (bicyclic) bond motifs is 3. The Morgan fingerprint density at radius 3 is 2.88 bits per heavy atom. The molecule has 2 aromatic rings. The lowest BCUT2D eigenvalue weighted by atomic mass is 9.88. The lowest BCUT2D eigenvalue weighted by Gasteiger charge is -2.16. The molecule has 26 heavy (non-hydrogen) atoms. The molecule has 7 nitrogen and oxygen atoms in total. The first kappa shape index (κ1) is 18.1. The van der Waals surface area contributed by atoms with E-state index < -0.39 is 17.9 Å². The third-order valence-corrected chi connectivity index (χ3v) is 4.70. The maximum atomic E-state index is 12.6. The van der Waals surface area contributed by atoms with Crippen LogP contribution in [-0.4, -0.2) is 34.7 Å². The number of nitrogens with zero attached hydrogens (tertiary/aromatic N) is 1. The first-order valence-corrected chi connectivity index (χ1v) is 8.83. The number of hydrogen-bond donors (Lipinski definition) is 3. The predicted molar refractivity (Wildman–Crippen MR) is 95.9 cm³/mol. The van der Waals surface area contributed by atoms with Crippen LogP contribution in [0, 0.1) is 6.92 Å². The highest BCUT2D eigenvalue weighted by Gasteiger charge is 2.29. The number of nitrogens with two attached hydrogens (primary N) is 1. The van der Waals surface area contributed by atoms with E-state index in [-0.39, 0.29) is 5.69 Å². The number of amides is 1. The molecule has 1 aliphatic rings. The zero-order valence-electron chi connectivity index (χ0n) is 14.7. The van der Waals surface area contributed by atoms with Crippen LogP contribution in [0.3, 0.4) is 0 Å². The molecule has 1 aromatic heterocycles. The van der Waals surface area contributed by atoms with E-state index in [0.29, 0.717) is 31.6 Å². The molecule has 7 heteroatoms. The highest BCUT2D eigenvalue weighted by atomic mass is 16.5. The molecular formula is C19H23N3O4. The van der Waals surface area contributed by atoms with E-state index in [9.17, 15) is 14.7 Å². The summed E-state index contributed by atoms with van der Waals surface area (Å²) in [6.45, 7) is 2.53. The minimum Gasteiger partial charge on any atom is -0.480 e. The van der Waals surface area contributed by atoms with Crippen molar-refractivity contribution in [1.82, 2.24) is 10.5 Å². The highest BCUT2D eigenvalue weighted by molar-refractivity contribution is 5.97. The number of nitrogens with one attached hydrogen (secondary N) is 1. The zero-order valence-corrected chi connectivity index (χ0v) is 14.7. The summed E-state index contributed by atoms with van der Waals surface area (Å²) in [6.07, 6.45) is 3.13. The number of aliphatic carboxylic acids is 1. The van der Waals surface area contributed by atoms with Crippen LogP contribution in [-0.2, 0) is 17.6 Å². The topological polar surface area (TPSA) is 118 Å². The van der Waals surface area contributed by atoms with Crippen molar-refractivity contribution in [3.05, 3.63) is 40.6 Å². The summed E-state index contributed by atoms with van der Waals surface area (Å²) >= 11 is 0. The molecule has 1 atom stereocenters. The Morgan fingerprint density at radius 1 is 1.35 bits per heavy atom. The second-order valence-corrected chi connectivity index (χ2v) is 6.65. The molecule has 1 aromatic carbocycles. The van der Waals surface area contributed by atoms with Crippen molar-refractivity contribution in [3.63, 3.8) is 0 Å². The first-order chi connectivity index (χ1) is 12.5. The van der Waals surface area contributed by atoms with E-state index in [4.69, 9.17) is 10.3 Å². The van der Waals surface area contributed by atoms with Gasteiger partial charge in [-0.1, -0.05) is 28.9 Å². The Morgan fingerprint density at radius 2 is 2.15 bits per heavy atom. The second kappa shape index (κ2) is 7.70. The van der Waals surface area contributed by atoms with Gasteiger partial charge >= 0.3 is 5.97 Å². The van der Waals surface area contributed by atoms with Gasteiger partial charge in [-0.2, -0.15) is 0 Å². The van der Waals surface area contributed by atoms with Gasteiger partial charge in [-0.25, -0.2) is 4.79 Å². The molecule has 1 aliphatic carbocycles. The smallest absolute Gasteiger partial charge is 0.326 e. The number of rotatable bonds is 7. The van der Waals surface area contributed by atoms with Gasteiger partial charge in [0, 0.05) is 11.1 Å². The first-order valence-electron chi connectivity index (χ1n) is 8.83. The van der Waals surface area contributed by atoms with Crippen molar-refractivity contribution < 1.29 is 19.2 Å². The Labute approximate surface area is 151 Å². The summed E-state index contributed by atoms with van der Waals surface area (Å²) in [7, 11) is 0. The van der Waals surface area contributed by atoms with Crippen molar-refractivity contribution in [3.8, 4) is 11.3 Å². The number of carbonyl (C=O) groups is 2. The number of aromatic nitrogens is 1. The normalized spacial score (nSPS) is 13.6. The van der Waals surface area contributed by atoms with Crippen molar-refractivity contribution in [2.75, 3.05) is 6.54 Å². The number of aryl methyl sites for hydroxylation is 2. The molecule has 0 fully saturated rings. The molecule has 0 aliphatic heterocycles. The molecule has 0 saturated carbocycles. The quantitative estimate of drug-likeness (QED) is 0.653. The number of hydrogen-bond acceptors (Lipinski definition) is 5. The maximum Gasteiger partial charge on any atom is 0.326 e. The van der Waals surface area contributed by atoms with Gasteiger partial charge in [-0.3, -0.25) is 4.79 Å². The van der Waals surface area contributed by atoms with E-state index in [2.05, 4.69) is 16.5 Å². The largest absolute Gasteiger partial charge is 0.480 e. The fourth-order valence-corrected chi connectivity index (χ4v) is 3.32. The number of carboxylic acid groups (broad SMARTS) is 1. The molecule has 1 amide bonds. The molecule has 138 valence electrons. The fraction of sp³-hybridized carbons (Fsp3) is 0.421. The van der Waals surface area contributed by atoms with Gasteiger partial charge in [0.2, 0.25) is 0 Å². The third kappa shape index (κ3) is 3.62. The van der Waals surface area contributed by atoms with Crippen LogP contribution < -0.4 is 11.1 Å². The predicted octanol–water partition coefficient (Wildman–Crippen LogP) is 2.06. The van der Waals surface area contributed by atoms with Crippen LogP contribution in [0.2, 0.25) is 0 Å². The van der Waals surface area contributed by atoms with Crippen LogP contribution in [0.1, 0.15) is 46.4 Å². The van der Waals surface area contributed by atoms with Crippen LogP contribution in [0.25, 0.3) is 11.3 Å². The van der Waals surface area contributed by atoms with Gasteiger partial charge in [0.05, 0.1) is 0 Å². The molecule has 4 N–H and O–H groups in total. The van der Waals surface area contributed by atoms with E-state index in [1.165, 1.54) is 11.1 Å². The average Bonchev–Trinajstić information content (AvgIpc) is 3.04. The fourth-order valence-electron chi connectivity index (χ4n) is 3.32. The zero-order chi connectivity index (χ0) is 18.7. The maximum absolute atomic E-state index is 12.6. The van der Waals surface area contributed by atoms with Gasteiger partial charge in [0.15, 0.2) is 11.5 Å². The SMILES string of the molecule is Cc1ccc2c(c1)CCc1c(C(=O)N[C@@H](CCCCN)C(=O)O)noc1-2. The average molecular weight is 357 g/mol. The number of carboxylic acids is 1. The highest BCUT2D eigenvalue weighted by Crippen LogP contribution is 2.35. The monoisotopic (exact) mass is 357 g/mol. The van der Waals surface area contributed by atoms with Gasteiger partial charge in [-0.15, -0.1) is 0 Å². The molecule has 0 unspecified atom stereocenters. The van der Waals surface area contributed by atoms with Crippen LogP contribution in [0.5, 0.6) is 0 Å². The van der Waals surface area contributed by atoms with Gasteiger partial charge < -0.3 is 20.7 Å². The second-order valence-electron chi connectivity index (χ2n) is 6.65. The Bertz CT molecular complexity index is 828. The summed E-state index contributed by atoms with van der Waals surface area (Å²) in [5.74, 6) is -0.967. The molecule has 0 bridgehead atoms. The molecule has 3 rings (SSSR count). The Kier molecular flexibility index (Phi) is 5.37. The van der Waals surface area contributed by atoms with Crippen molar-refractivity contribution >= 4 is 11.9 Å². The minimum atomic E-state index is -1.06. The molecule has 1 heterocycles. The Balaban J connectivity index is 1.79. The summed E-state index contributed by atoms with van der Waals surface area (Å²) < 4.78 is 5.44. The number of benzene rings is 1. The van der Waals surface area contributed by atoms with E-state index in [0.717, 1.165) is 24.0 Å². The van der Waals surface area contributed by atoms with Crippen molar-refractivity contribution in [2.45, 2.75) is 45.1 Å². The van der Waals surface area contributed by atoms with Crippen LogP contribution >= 0.6 is 0 Å². The number of unbranched alkanes of at least 4 members (excludes halogenated alkanes) is 1. The van der Waals surface area contributed by atoms with E-state index in [1.54, 1.807) is 0 Å². The standard InChI is InChI=1S/C19H23N3O4/c1-11-5-7-13-12(10-11)6-8-14-16(22-26-17(13)14)18(23)21-15(19(24)25)4-2-3-9-20/h5,7,10,15H,2-4,6,8-9,20H2,1H3,(H,21,23)(H,24,25)/t15-/m0/s1. The van der Waals surface area contributed by atoms with Gasteiger partial charge in [0.1, 0.15) is 6.04 Å². The Hall–Kier alpha value is -2.67. The third-order valence-electron chi connectivity index (χ3n) is 4.70. The molecule has 0 saturated heterocycles. The minimum absolute atomic E-state index is 0.177. The molecule has 0 radical (unpaired) electrons. The molecular weight excluding hydrogens is 334 g/mol. The summed E-state index contributed by atoms with van der Waals surface area (Å²) in [5, 5.41) is 15.8.